The summed E-state index contributed by atoms with van der Waals surface area (Å²) in [5, 5.41) is 11.2. The number of rotatable bonds is 3. The fourth-order valence-electron chi connectivity index (χ4n) is 2.42. The van der Waals surface area contributed by atoms with E-state index in [0.717, 1.165) is 0 Å². The average Bonchev–Trinajstić information content (AvgIpc) is 2.84. The van der Waals surface area contributed by atoms with Crippen LogP contribution in [0.2, 0.25) is 0 Å². The minimum absolute atomic E-state index is 0.118. The van der Waals surface area contributed by atoms with Gasteiger partial charge in [0.1, 0.15) is 17.2 Å². The SMILES string of the molecule is CC(O)(Cc1cccc(F)c1)c1cc2cccc(F)c2o1. The molecule has 0 bridgehead atoms. The molecule has 3 aromatic rings. The van der Waals surface area contributed by atoms with Gasteiger partial charge in [-0.1, -0.05) is 24.3 Å². The van der Waals surface area contributed by atoms with Crippen LogP contribution in [-0.2, 0) is 12.0 Å². The van der Waals surface area contributed by atoms with E-state index in [2.05, 4.69) is 0 Å². The molecule has 2 nitrogen and oxygen atoms in total. The Kier molecular flexibility index (Phi) is 3.26. The lowest BCUT2D eigenvalue weighted by atomic mass is 9.94. The van der Waals surface area contributed by atoms with E-state index < -0.39 is 11.4 Å². The second-order valence-corrected chi connectivity index (χ2v) is 5.35. The lowest BCUT2D eigenvalue weighted by molar-refractivity contribution is 0.0358. The summed E-state index contributed by atoms with van der Waals surface area (Å²) in [5.74, 6) is -0.578. The monoisotopic (exact) mass is 288 g/mol. The fraction of sp³-hybridized carbons (Fsp3) is 0.176. The molecule has 0 aliphatic heterocycles. The Hall–Kier alpha value is -2.20. The van der Waals surface area contributed by atoms with Crippen LogP contribution in [0.1, 0.15) is 18.2 Å². The maximum atomic E-state index is 13.6. The van der Waals surface area contributed by atoms with Crippen molar-refractivity contribution in [3.63, 3.8) is 0 Å². The third-order valence-corrected chi connectivity index (χ3v) is 3.46. The van der Waals surface area contributed by atoms with Crippen LogP contribution in [0.15, 0.2) is 52.9 Å². The molecule has 0 aliphatic carbocycles. The number of fused-ring (bicyclic) bond motifs is 1. The molecule has 3 rings (SSSR count). The van der Waals surface area contributed by atoms with E-state index in [4.69, 9.17) is 4.42 Å². The van der Waals surface area contributed by atoms with Gasteiger partial charge in [-0.2, -0.15) is 0 Å². The first-order valence-electron chi connectivity index (χ1n) is 6.61. The van der Waals surface area contributed by atoms with Gasteiger partial charge in [-0.15, -0.1) is 0 Å². The maximum Gasteiger partial charge on any atom is 0.170 e. The van der Waals surface area contributed by atoms with Crippen LogP contribution in [0.4, 0.5) is 8.78 Å². The molecule has 1 N–H and O–H groups in total. The molecule has 4 heteroatoms. The Labute approximate surface area is 120 Å². The highest BCUT2D eigenvalue weighted by Crippen LogP contribution is 2.31. The molecule has 0 amide bonds. The van der Waals surface area contributed by atoms with Crippen molar-refractivity contribution in [2.75, 3.05) is 0 Å². The molecular formula is C17H14F2O2. The van der Waals surface area contributed by atoms with Crippen LogP contribution >= 0.6 is 0 Å². The fourth-order valence-corrected chi connectivity index (χ4v) is 2.42. The van der Waals surface area contributed by atoms with Gasteiger partial charge >= 0.3 is 0 Å². The number of hydrogen-bond donors (Lipinski definition) is 1. The van der Waals surface area contributed by atoms with Crippen LogP contribution in [0.3, 0.4) is 0 Å². The lowest BCUT2D eigenvalue weighted by Crippen LogP contribution is -2.23. The topological polar surface area (TPSA) is 33.4 Å². The molecular weight excluding hydrogens is 274 g/mol. The van der Waals surface area contributed by atoms with Crippen molar-refractivity contribution in [3.8, 4) is 0 Å². The summed E-state index contributed by atoms with van der Waals surface area (Å²) in [6, 6.07) is 12.2. The highest BCUT2D eigenvalue weighted by atomic mass is 19.1. The summed E-state index contributed by atoms with van der Waals surface area (Å²) in [4.78, 5) is 0. The van der Waals surface area contributed by atoms with Crippen LogP contribution in [0.5, 0.6) is 0 Å². The van der Waals surface area contributed by atoms with Crippen LogP contribution in [0.25, 0.3) is 11.0 Å². The van der Waals surface area contributed by atoms with Gasteiger partial charge in [-0.25, -0.2) is 8.78 Å². The summed E-state index contributed by atoms with van der Waals surface area (Å²) in [6.45, 7) is 1.56. The van der Waals surface area contributed by atoms with Crippen LogP contribution in [0, 0.1) is 11.6 Å². The maximum absolute atomic E-state index is 13.6. The molecule has 0 aliphatic rings. The van der Waals surface area contributed by atoms with E-state index in [1.165, 1.54) is 18.2 Å². The number of aliphatic hydroxyl groups is 1. The third kappa shape index (κ3) is 2.67. The molecule has 0 radical (unpaired) electrons. The molecule has 108 valence electrons. The number of benzene rings is 2. The lowest BCUT2D eigenvalue weighted by Gasteiger charge is -2.20. The van der Waals surface area contributed by atoms with Crippen molar-refractivity contribution in [2.24, 2.45) is 0 Å². The van der Waals surface area contributed by atoms with Crippen molar-refractivity contribution >= 4 is 11.0 Å². The smallest absolute Gasteiger partial charge is 0.170 e. The van der Waals surface area contributed by atoms with Gasteiger partial charge in [0.2, 0.25) is 0 Å². The standard InChI is InChI=1S/C17H14F2O2/c1-17(20,10-11-4-2-6-13(18)8-11)15-9-12-5-3-7-14(19)16(12)21-15/h2-9,20H,10H2,1H3. The number of furan rings is 1. The molecule has 0 spiro atoms. The molecule has 1 atom stereocenters. The Morgan fingerprint density at radius 3 is 2.57 bits per heavy atom. The van der Waals surface area contributed by atoms with Crippen molar-refractivity contribution in [3.05, 3.63) is 71.5 Å². The highest BCUT2D eigenvalue weighted by molar-refractivity contribution is 5.78. The predicted octanol–water partition coefficient (Wildman–Crippen LogP) is 4.16. The van der Waals surface area contributed by atoms with Gasteiger partial charge in [0, 0.05) is 11.8 Å². The third-order valence-electron chi connectivity index (χ3n) is 3.46. The summed E-state index contributed by atoms with van der Waals surface area (Å²) in [7, 11) is 0. The van der Waals surface area contributed by atoms with Gasteiger partial charge in [-0.05, 0) is 36.8 Å². The van der Waals surface area contributed by atoms with Gasteiger partial charge < -0.3 is 9.52 Å². The first kappa shape index (κ1) is 13.8. The van der Waals surface area contributed by atoms with E-state index in [9.17, 15) is 13.9 Å². The molecule has 1 aromatic heterocycles. The van der Waals surface area contributed by atoms with Gasteiger partial charge in [-0.3, -0.25) is 0 Å². The second-order valence-electron chi connectivity index (χ2n) is 5.35. The Balaban J connectivity index is 1.97. The zero-order valence-corrected chi connectivity index (χ0v) is 11.4. The van der Waals surface area contributed by atoms with Crippen LogP contribution in [-0.4, -0.2) is 5.11 Å². The number of halogens is 2. The minimum Gasteiger partial charge on any atom is -0.455 e. The van der Waals surface area contributed by atoms with E-state index in [-0.39, 0.29) is 23.6 Å². The Bertz CT molecular complexity index is 790. The second kappa shape index (κ2) is 4.97. The molecule has 0 fully saturated rings. The van der Waals surface area contributed by atoms with Gasteiger partial charge in [0.15, 0.2) is 11.4 Å². The van der Waals surface area contributed by atoms with Crippen molar-refractivity contribution in [2.45, 2.75) is 18.9 Å². The Morgan fingerprint density at radius 2 is 1.86 bits per heavy atom. The van der Waals surface area contributed by atoms with Crippen molar-refractivity contribution in [1.82, 2.24) is 0 Å². The van der Waals surface area contributed by atoms with E-state index in [1.807, 2.05) is 0 Å². The first-order valence-corrected chi connectivity index (χ1v) is 6.61. The zero-order chi connectivity index (χ0) is 15.0. The van der Waals surface area contributed by atoms with Crippen molar-refractivity contribution in [1.29, 1.82) is 0 Å². The molecule has 0 saturated heterocycles. The minimum atomic E-state index is -1.35. The van der Waals surface area contributed by atoms with Gasteiger partial charge in [0.25, 0.3) is 0 Å². The summed E-state index contributed by atoms with van der Waals surface area (Å²) >= 11 is 0. The quantitative estimate of drug-likeness (QED) is 0.785. The summed E-state index contributed by atoms with van der Waals surface area (Å²) in [6.07, 6.45) is 0.173. The van der Waals surface area contributed by atoms with Crippen LogP contribution < -0.4 is 0 Å². The molecule has 1 unspecified atom stereocenters. The first-order chi connectivity index (χ1) is 9.95. The largest absolute Gasteiger partial charge is 0.455 e. The molecule has 21 heavy (non-hydrogen) atoms. The highest BCUT2D eigenvalue weighted by Gasteiger charge is 2.28. The zero-order valence-electron chi connectivity index (χ0n) is 11.4. The van der Waals surface area contributed by atoms with E-state index in [1.54, 1.807) is 37.3 Å². The number of para-hydroxylation sites is 1. The average molecular weight is 288 g/mol. The molecule has 1 heterocycles. The molecule has 0 saturated carbocycles. The predicted molar refractivity (Wildman–Crippen MR) is 75.8 cm³/mol. The summed E-state index contributed by atoms with van der Waals surface area (Å²) < 4.78 is 32.3. The number of hydrogen-bond acceptors (Lipinski definition) is 2. The van der Waals surface area contributed by atoms with E-state index in [0.29, 0.717) is 10.9 Å². The normalized spacial score (nSPS) is 14.3. The molecule has 2 aromatic carbocycles. The summed E-state index contributed by atoms with van der Waals surface area (Å²) in [5.41, 5.74) is -0.591. The Morgan fingerprint density at radius 1 is 1.10 bits per heavy atom. The van der Waals surface area contributed by atoms with E-state index >= 15 is 0 Å². The van der Waals surface area contributed by atoms with Gasteiger partial charge in [0.05, 0.1) is 0 Å². The van der Waals surface area contributed by atoms with Crippen molar-refractivity contribution < 1.29 is 18.3 Å².